The molecule has 0 saturated heterocycles. The molecule has 0 spiro atoms. The summed E-state index contributed by atoms with van der Waals surface area (Å²) < 4.78 is 27.6. The van der Waals surface area contributed by atoms with Crippen LogP contribution >= 0.6 is 0 Å². The van der Waals surface area contributed by atoms with Gasteiger partial charge in [0.05, 0.1) is 11.7 Å². The molecule has 2 rings (SSSR count). The van der Waals surface area contributed by atoms with Gasteiger partial charge in [0.2, 0.25) is 10.0 Å². The highest BCUT2D eigenvalue weighted by atomic mass is 32.2. The van der Waals surface area contributed by atoms with Gasteiger partial charge in [-0.1, -0.05) is 6.92 Å². The van der Waals surface area contributed by atoms with Crippen LogP contribution in [0, 0.1) is 0 Å². The van der Waals surface area contributed by atoms with Crippen molar-refractivity contribution >= 4 is 15.7 Å². The number of nitrogens with one attached hydrogen (secondary N) is 3. The first kappa shape index (κ1) is 15.5. The van der Waals surface area contributed by atoms with Crippen LogP contribution < -0.4 is 10.0 Å². The molecule has 2 heterocycles. The Morgan fingerprint density at radius 3 is 2.86 bits per heavy atom. The van der Waals surface area contributed by atoms with Gasteiger partial charge in [-0.3, -0.25) is 4.98 Å². The van der Waals surface area contributed by atoms with Crippen molar-refractivity contribution in [2.75, 3.05) is 11.9 Å². The van der Waals surface area contributed by atoms with Crippen LogP contribution in [0.15, 0.2) is 35.7 Å². The SMILES string of the molecule is CCCNc1ccncc1S(=O)(=O)NC(C)c1ncc[nH]1. The average Bonchev–Trinajstić information content (AvgIpc) is 2.99. The van der Waals surface area contributed by atoms with Crippen LogP contribution in [0.2, 0.25) is 0 Å². The van der Waals surface area contributed by atoms with Gasteiger partial charge >= 0.3 is 0 Å². The summed E-state index contributed by atoms with van der Waals surface area (Å²) in [5.74, 6) is 0.561. The lowest BCUT2D eigenvalue weighted by Crippen LogP contribution is -2.28. The highest BCUT2D eigenvalue weighted by Gasteiger charge is 2.22. The van der Waals surface area contributed by atoms with E-state index < -0.39 is 16.1 Å². The first-order valence-corrected chi connectivity index (χ1v) is 8.22. The van der Waals surface area contributed by atoms with Crippen LogP contribution in [-0.2, 0) is 10.0 Å². The molecule has 0 aliphatic rings. The number of H-pyrrole nitrogens is 1. The molecule has 0 fully saturated rings. The zero-order valence-electron chi connectivity index (χ0n) is 12.0. The monoisotopic (exact) mass is 309 g/mol. The summed E-state index contributed by atoms with van der Waals surface area (Å²) in [5, 5.41) is 3.09. The van der Waals surface area contributed by atoms with Gasteiger partial charge in [0.25, 0.3) is 0 Å². The molecule has 8 heteroatoms. The molecule has 21 heavy (non-hydrogen) atoms. The minimum absolute atomic E-state index is 0.136. The Hall–Kier alpha value is -1.93. The van der Waals surface area contributed by atoms with Crippen molar-refractivity contribution in [1.82, 2.24) is 19.7 Å². The van der Waals surface area contributed by atoms with Gasteiger partial charge in [0.1, 0.15) is 10.7 Å². The van der Waals surface area contributed by atoms with Crippen molar-refractivity contribution in [3.8, 4) is 0 Å². The maximum Gasteiger partial charge on any atom is 0.244 e. The number of imidazole rings is 1. The quantitative estimate of drug-likeness (QED) is 0.722. The van der Waals surface area contributed by atoms with E-state index in [0.717, 1.165) is 6.42 Å². The van der Waals surface area contributed by atoms with Crippen LogP contribution in [0.5, 0.6) is 0 Å². The Kier molecular flexibility index (Phi) is 4.92. The number of anilines is 1. The third kappa shape index (κ3) is 3.79. The third-order valence-corrected chi connectivity index (χ3v) is 4.47. The maximum absolute atomic E-state index is 12.5. The lowest BCUT2D eigenvalue weighted by molar-refractivity contribution is 0.561. The first-order chi connectivity index (χ1) is 10.0. The number of hydrogen-bond acceptors (Lipinski definition) is 5. The van der Waals surface area contributed by atoms with Gasteiger partial charge in [0, 0.05) is 31.3 Å². The zero-order valence-corrected chi connectivity index (χ0v) is 12.8. The van der Waals surface area contributed by atoms with Crippen LogP contribution in [-0.4, -0.2) is 29.9 Å². The van der Waals surface area contributed by atoms with E-state index in [4.69, 9.17) is 0 Å². The second kappa shape index (κ2) is 6.68. The van der Waals surface area contributed by atoms with Crippen LogP contribution in [0.3, 0.4) is 0 Å². The third-order valence-electron chi connectivity index (χ3n) is 2.90. The smallest absolute Gasteiger partial charge is 0.244 e. The van der Waals surface area contributed by atoms with Gasteiger partial charge < -0.3 is 10.3 Å². The van der Waals surface area contributed by atoms with Crippen molar-refractivity contribution in [3.05, 3.63) is 36.7 Å². The fraction of sp³-hybridized carbons (Fsp3) is 0.385. The number of sulfonamides is 1. The zero-order chi connectivity index (χ0) is 15.3. The molecule has 2 aromatic rings. The molecule has 0 radical (unpaired) electrons. The molecule has 0 aromatic carbocycles. The van der Waals surface area contributed by atoms with Gasteiger partial charge in [-0.05, 0) is 19.4 Å². The van der Waals surface area contributed by atoms with Gasteiger partial charge in [-0.15, -0.1) is 0 Å². The Balaban J connectivity index is 2.23. The van der Waals surface area contributed by atoms with Crippen LogP contribution in [0.25, 0.3) is 0 Å². The summed E-state index contributed by atoms with van der Waals surface area (Å²) in [6.07, 6.45) is 7.04. The van der Waals surface area contributed by atoms with Gasteiger partial charge in [-0.25, -0.2) is 18.1 Å². The van der Waals surface area contributed by atoms with E-state index in [1.54, 1.807) is 31.6 Å². The summed E-state index contributed by atoms with van der Waals surface area (Å²) in [5.41, 5.74) is 0.547. The lowest BCUT2D eigenvalue weighted by Gasteiger charge is -2.15. The molecule has 0 aliphatic heterocycles. The van der Waals surface area contributed by atoms with E-state index in [1.165, 1.54) is 6.20 Å². The molecular weight excluding hydrogens is 290 g/mol. The molecule has 2 aromatic heterocycles. The van der Waals surface area contributed by atoms with Crippen molar-refractivity contribution in [2.45, 2.75) is 31.2 Å². The molecule has 1 atom stereocenters. The number of aromatic amines is 1. The van der Waals surface area contributed by atoms with Crippen molar-refractivity contribution < 1.29 is 8.42 Å². The summed E-state index contributed by atoms with van der Waals surface area (Å²) in [6, 6.07) is 1.20. The van der Waals surface area contributed by atoms with Gasteiger partial charge in [-0.2, -0.15) is 0 Å². The van der Waals surface area contributed by atoms with E-state index in [0.29, 0.717) is 18.1 Å². The standard InChI is InChI=1S/C13H19N5O2S/c1-3-5-15-11-4-6-14-9-12(11)21(19,20)18-10(2)13-16-7-8-17-13/h4,6-10,18H,3,5H2,1-2H3,(H,14,15)(H,16,17). The molecule has 0 aliphatic carbocycles. The molecule has 0 bridgehead atoms. The molecule has 7 nitrogen and oxygen atoms in total. The molecule has 114 valence electrons. The molecule has 0 amide bonds. The fourth-order valence-corrected chi connectivity index (χ4v) is 3.20. The summed E-state index contributed by atoms with van der Waals surface area (Å²) in [6.45, 7) is 4.44. The summed E-state index contributed by atoms with van der Waals surface area (Å²) in [4.78, 5) is 11.0. The van der Waals surface area contributed by atoms with Gasteiger partial charge in [0.15, 0.2) is 0 Å². The van der Waals surface area contributed by atoms with Crippen LogP contribution in [0.1, 0.15) is 32.1 Å². The summed E-state index contributed by atoms with van der Waals surface area (Å²) in [7, 11) is -3.68. The minimum atomic E-state index is -3.68. The molecule has 3 N–H and O–H groups in total. The molecular formula is C13H19N5O2S. The number of rotatable bonds is 7. The van der Waals surface area contributed by atoms with E-state index in [-0.39, 0.29) is 4.90 Å². The highest BCUT2D eigenvalue weighted by molar-refractivity contribution is 7.89. The van der Waals surface area contributed by atoms with Crippen molar-refractivity contribution in [1.29, 1.82) is 0 Å². The number of aromatic nitrogens is 3. The second-order valence-electron chi connectivity index (χ2n) is 4.62. The topological polar surface area (TPSA) is 99.8 Å². The van der Waals surface area contributed by atoms with E-state index >= 15 is 0 Å². The number of hydrogen-bond donors (Lipinski definition) is 3. The Morgan fingerprint density at radius 2 is 2.19 bits per heavy atom. The van der Waals surface area contributed by atoms with Crippen molar-refractivity contribution in [2.24, 2.45) is 0 Å². The predicted octanol–water partition coefficient (Wildman–Crippen LogP) is 1.67. The Bertz CT molecular complexity index is 670. The molecule has 0 saturated carbocycles. The molecule has 1 unspecified atom stereocenters. The minimum Gasteiger partial charge on any atom is -0.384 e. The fourth-order valence-electron chi connectivity index (χ4n) is 1.87. The number of nitrogens with zero attached hydrogens (tertiary/aromatic N) is 2. The number of pyridine rings is 1. The van der Waals surface area contributed by atoms with E-state index in [2.05, 4.69) is 25.0 Å². The Labute approximate surface area is 124 Å². The average molecular weight is 309 g/mol. The summed E-state index contributed by atoms with van der Waals surface area (Å²) >= 11 is 0. The largest absolute Gasteiger partial charge is 0.384 e. The Morgan fingerprint density at radius 1 is 1.38 bits per heavy atom. The first-order valence-electron chi connectivity index (χ1n) is 6.74. The van der Waals surface area contributed by atoms with E-state index in [9.17, 15) is 8.42 Å². The lowest BCUT2D eigenvalue weighted by atomic mass is 10.3. The predicted molar refractivity (Wildman–Crippen MR) is 80.3 cm³/mol. The highest BCUT2D eigenvalue weighted by Crippen LogP contribution is 2.21. The normalized spacial score (nSPS) is 13.0. The second-order valence-corrected chi connectivity index (χ2v) is 6.30. The van der Waals surface area contributed by atoms with Crippen LogP contribution in [0.4, 0.5) is 5.69 Å². The van der Waals surface area contributed by atoms with E-state index in [1.807, 2.05) is 6.92 Å². The maximum atomic E-state index is 12.5. The van der Waals surface area contributed by atoms with Crippen molar-refractivity contribution in [3.63, 3.8) is 0 Å².